The average molecular weight is 192 g/mol. The Labute approximate surface area is 73.8 Å². The first kappa shape index (κ1) is 9.95. The molecule has 1 aliphatic rings. The van der Waals surface area contributed by atoms with Gasteiger partial charge in [-0.1, -0.05) is 6.92 Å². The Bertz CT molecular complexity index is 250. The minimum absolute atomic E-state index is 0.0556. The van der Waals surface area contributed by atoms with E-state index in [-0.39, 0.29) is 17.7 Å². The molecule has 1 saturated heterocycles. The van der Waals surface area contributed by atoms with E-state index in [0.717, 1.165) is 0 Å². The molecular formula is C7H16N2O2S. The standard InChI is InChI=1S/C7H16N2O2S/c1-6-4-9(7(2)3-8)12(10,11)5-6/h6-7H,3-5,8H2,1-2H3. The maximum Gasteiger partial charge on any atom is 0.214 e. The number of hydrogen-bond donors (Lipinski definition) is 1. The molecule has 5 heteroatoms. The third-order valence-corrected chi connectivity index (χ3v) is 4.39. The molecule has 2 unspecified atom stereocenters. The summed E-state index contributed by atoms with van der Waals surface area (Å²) in [6, 6.07) is -0.0556. The van der Waals surface area contributed by atoms with Crippen LogP contribution in [0.1, 0.15) is 13.8 Å². The van der Waals surface area contributed by atoms with E-state index < -0.39 is 10.0 Å². The number of nitrogens with zero attached hydrogens (tertiary/aromatic N) is 1. The van der Waals surface area contributed by atoms with Gasteiger partial charge in [0.15, 0.2) is 0 Å². The van der Waals surface area contributed by atoms with Gasteiger partial charge in [0, 0.05) is 19.1 Å². The van der Waals surface area contributed by atoms with Gasteiger partial charge < -0.3 is 5.73 Å². The van der Waals surface area contributed by atoms with Crippen molar-refractivity contribution in [2.75, 3.05) is 18.8 Å². The molecule has 1 heterocycles. The summed E-state index contributed by atoms with van der Waals surface area (Å²) in [5.74, 6) is 0.515. The van der Waals surface area contributed by atoms with Crippen LogP contribution in [-0.2, 0) is 10.0 Å². The smallest absolute Gasteiger partial charge is 0.214 e. The van der Waals surface area contributed by atoms with E-state index in [2.05, 4.69) is 0 Å². The average Bonchev–Trinajstić information content (AvgIpc) is 2.23. The Balaban J connectivity index is 2.79. The molecule has 0 saturated carbocycles. The highest BCUT2D eigenvalue weighted by Crippen LogP contribution is 2.20. The summed E-state index contributed by atoms with van der Waals surface area (Å²) in [6.07, 6.45) is 0. The summed E-state index contributed by atoms with van der Waals surface area (Å²) in [7, 11) is -2.99. The van der Waals surface area contributed by atoms with Gasteiger partial charge in [0.1, 0.15) is 0 Å². The van der Waals surface area contributed by atoms with E-state index in [4.69, 9.17) is 5.73 Å². The molecule has 0 bridgehead atoms. The van der Waals surface area contributed by atoms with Crippen LogP contribution in [0.2, 0.25) is 0 Å². The van der Waals surface area contributed by atoms with Crippen LogP contribution < -0.4 is 5.73 Å². The summed E-state index contributed by atoms with van der Waals surface area (Å²) in [6.45, 7) is 4.81. The Hall–Kier alpha value is -0.130. The quantitative estimate of drug-likeness (QED) is 0.648. The lowest BCUT2D eigenvalue weighted by atomic mass is 10.2. The van der Waals surface area contributed by atoms with Crippen LogP contribution in [0.4, 0.5) is 0 Å². The molecule has 0 aromatic carbocycles. The first-order valence-corrected chi connectivity index (χ1v) is 5.78. The number of sulfonamides is 1. The number of rotatable bonds is 2. The van der Waals surface area contributed by atoms with Gasteiger partial charge in [-0.2, -0.15) is 4.31 Å². The van der Waals surface area contributed by atoms with Gasteiger partial charge in [0.25, 0.3) is 0 Å². The molecule has 1 fully saturated rings. The zero-order chi connectivity index (χ0) is 9.35. The van der Waals surface area contributed by atoms with Crippen molar-refractivity contribution in [1.82, 2.24) is 4.31 Å². The lowest BCUT2D eigenvalue weighted by Crippen LogP contribution is -2.39. The van der Waals surface area contributed by atoms with Crippen molar-refractivity contribution in [3.05, 3.63) is 0 Å². The normalized spacial score (nSPS) is 32.1. The van der Waals surface area contributed by atoms with Gasteiger partial charge in [-0.3, -0.25) is 0 Å². The Morgan fingerprint density at radius 3 is 2.58 bits per heavy atom. The lowest BCUT2D eigenvalue weighted by Gasteiger charge is -2.20. The SMILES string of the molecule is CC1CN(C(C)CN)S(=O)(=O)C1. The van der Waals surface area contributed by atoms with Crippen molar-refractivity contribution in [1.29, 1.82) is 0 Å². The van der Waals surface area contributed by atoms with Crippen molar-refractivity contribution in [2.45, 2.75) is 19.9 Å². The molecule has 2 atom stereocenters. The van der Waals surface area contributed by atoms with Gasteiger partial charge in [0.2, 0.25) is 10.0 Å². The topological polar surface area (TPSA) is 63.4 Å². The van der Waals surface area contributed by atoms with E-state index in [1.54, 1.807) is 0 Å². The van der Waals surface area contributed by atoms with E-state index in [1.165, 1.54) is 4.31 Å². The van der Waals surface area contributed by atoms with Crippen LogP contribution in [0, 0.1) is 5.92 Å². The Kier molecular flexibility index (Phi) is 2.75. The van der Waals surface area contributed by atoms with Crippen molar-refractivity contribution in [2.24, 2.45) is 11.7 Å². The molecule has 0 aromatic heterocycles. The largest absolute Gasteiger partial charge is 0.329 e. The van der Waals surface area contributed by atoms with Gasteiger partial charge >= 0.3 is 0 Å². The number of nitrogens with two attached hydrogens (primary N) is 1. The highest BCUT2D eigenvalue weighted by Gasteiger charge is 2.35. The van der Waals surface area contributed by atoms with Crippen molar-refractivity contribution < 1.29 is 8.42 Å². The second-order valence-corrected chi connectivity index (χ2v) is 5.50. The van der Waals surface area contributed by atoms with Crippen molar-refractivity contribution >= 4 is 10.0 Å². The van der Waals surface area contributed by atoms with E-state index in [0.29, 0.717) is 13.1 Å². The van der Waals surface area contributed by atoms with E-state index in [9.17, 15) is 8.42 Å². The Morgan fingerprint density at radius 2 is 2.25 bits per heavy atom. The van der Waals surface area contributed by atoms with Crippen LogP contribution in [0.15, 0.2) is 0 Å². The molecule has 2 N–H and O–H groups in total. The monoisotopic (exact) mass is 192 g/mol. The minimum Gasteiger partial charge on any atom is -0.329 e. The Morgan fingerprint density at radius 1 is 1.67 bits per heavy atom. The fourth-order valence-electron chi connectivity index (χ4n) is 1.50. The van der Waals surface area contributed by atoms with Crippen molar-refractivity contribution in [3.63, 3.8) is 0 Å². The molecule has 12 heavy (non-hydrogen) atoms. The molecule has 0 amide bonds. The molecule has 0 spiro atoms. The van der Waals surface area contributed by atoms with E-state index >= 15 is 0 Å². The van der Waals surface area contributed by atoms with Crippen LogP contribution in [0.25, 0.3) is 0 Å². The maximum absolute atomic E-state index is 11.4. The minimum atomic E-state index is -2.99. The molecule has 1 rings (SSSR count). The molecule has 0 aliphatic carbocycles. The summed E-state index contributed by atoms with van der Waals surface area (Å²) < 4.78 is 24.4. The molecule has 4 nitrogen and oxygen atoms in total. The summed E-state index contributed by atoms with van der Waals surface area (Å²) in [5.41, 5.74) is 5.41. The second-order valence-electron chi connectivity index (χ2n) is 3.54. The molecule has 0 aromatic rings. The second kappa shape index (κ2) is 3.32. The zero-order valence-corrected chi connectivity index (χ0v) is 8.34. The van der Waals surface area contributed by atoms with Crippen LogP contribution >= 0.6 is 0 Å². The first-order valence-electron chi connectivity index (χ1n) is 4.17. The number of hydrogen-bond acceptors (Lipinski definition) is 3. The van der Waals surface area contributed by atoms with Gasteiger partial charge in [-0.05, 0) is 12.8 Å². The molecular weight excluding hydrogens is 176 g/mol. The predicted octanol–water partition coefficient (Wildman–Crippen LogP) is -0.385. The molecule has 72 valence electrons. The predicted molar refractivity (Wildman–Crippen MR) is 48.2 cm³/mol. The zero-order valence-electron chi connectivity index (χ0n) is 7.53. The molecule has 0 radical (unpaired) electrons. The third-order valence-electron chi connectivity index (χ3n) is 2.18. The molecule has 1 aliphatic heterocycles. The van der Waals surface area contributed by atoms with Crippen molar-refractivity contribution in [3.8, 4) is 0 Å². The summed E-state index contributed by atoms with van der Waals surface area (Å²) in [5, 5.41) is 0. The fourth-order valence-corrected chi connectivity index (χ4v) is 3.63. The third kappa shape index (κ3) is 1.78. The van der Waals surface area contributed by atoms with Crippen LogP contribution in [0.3, 0.4) is 0 Å². The van der Waals surface area contributed by atoms with Gasteiger partial charge in [-0.15, -0.1) is 0 Å². The highest BCUT2D eigenvalue weighted by molar-refractivity contribution is 7.89. The lowest BCUT2D eigenvalue weighted by molar-refractivity contribution is 0.344. The van der Waals surface area contributed by atoms with Crippen LogP contribution in [0.5, 0.6) is 0 Å². The van der Waals surface area contributed by atoms with Gasteiger partial charge in [-0.25, -0.2) is 8.42 Å². The highest BCUT2D eigenvalue weighted by atomic mass is 32.2. The van der Waals surface area contributed by atoms with Crippen LogP contribution in [-0.4, -0.2) is 37.6 Å². The fraction of sp³-hybridized carbons (Fsp3) is 1.00. The van der Waals surface area contributed by atoms with Gasteiger partial charge in [0.05, 0.1) is 5.75 Å². The first-order chi connectivity index (χ1) is 5.47. The summed E-state index contributed by atoms with van der Waals surface area (Å²) >= 11 is 0. The maximum atomic E-state index is 11.4. The van der Waals surface area contributed by atoms with E-state index in [1.807, 2.05) is 13.8 Å². The summed E-state index contributed by atoms with van der Waals surface area (Å²) in [4.78, 5) is 0.